The van der Waals surface area contributed by atoms with Crippen molar-refractivity contribution in [1.82, 2.24) is 5.32 Å². The van der Waals surface area contributed by atoms with Crippen molar-refractivity contribution in [2.75, 3.05) is 6.54 Å². The van der Waals surface area contributed by atoms with Crippen LogP contribution in [0.1, 0.15) is 51.6 Å². The molecular formula is C16H25NO. The van der Waals surface area contributed by atoms with E-state index in [1.165, 1.54) is 24.8 Å². The normalized spacial score (nSPS) is 16.9. The van der Waals surface area contributed by atoms with E-state index in [1.54, 1.807) is 0 Å². The smallest absolute Gasteiger partial charge is 0.120 e. The Labute approximate surface area is 111 Å². The number of hydrogen-bond donors (Lipinski definition) is 1. The van der Waals surface area contributed by atoms with Crippen molar-refractivity contribution in [3.05, 3.63) is 29.8 Å². The highest BCUT2D eigenvalue weighted by Crippen LogP contribution is 2.38. The highest BCUT2D eigenvalue weighted by molar-refractivity contribution is 5.31. The van der Waals surface area contributed by atoms with E-state index in [2.05, 4.69) is 44.3 Å². The molecule has 2 heteroatoms. The summed E-state index contributed by atoms with van der Waals surface area (Å²) in [5, 5.41) is 3.60. The zero-order valence-electron chi connectivity index (χ0n) is 11.8. The summed E-state index contributed by atoms with van der Waals surface area (Å²) in [6, 6.07) is 9.03. The summed E-state index contributed by atoms with van der Waals surface area (Å²) >= 11 is 0. The van der Waals surface area contributed by atoms with Gasteiger partial charge in [-0.3, -0.25) is 0 Å². The van der Waals surface area contributed by atoms with Gasteiger partial charge in [0.05, 0.1) is 6.10 Å². The van der Waals surface area contributed by atoms with Crippen molar-refractivity contribution in [3.63, 3.8) is 0 Å². The van der Waals surface area contributed by atoms with Crippen molar-refractivity contribution >= 4 is 0 Å². The van der Waals surface area contributed by atoms with E-state index < -0.39 is 0 Å². The van der Waals surface area contributed by atoms with E-state index in [0.717, 1.165) is 18.2 Å². The first kappa shape index (κ1) is 13.4. The lowest BCUT2D eigenvalue weighted by molar-refractivity contribution is 0.242. The van der Waals surface area contributed by atoms with Crippen LogP contribution in [-0.2, 0) is 0 Å². The van der Waals surface area contributed by atoms with Crippen LogP contribution in [0.4, 0.5) is 0 Å². The van der Waals surface area contributed by atoms with Gasteiger partial charge in [-0.2, -0.15) is 0 Å². The summed E-state index contributed by atoms with van der Waals surface area (Å²) in [7, 11) is 0. The molecule has 1 aromatic carbocycles. The monoisotopic (exact) mass is 247 g/mol. The largest absolute Gasteiger partial charge is 0.491 e. The predicted molar refractivity (Wildman–Crippen MR) is 76.0 cm³/mol. The van der Waals surface area contributed by atoms with Crippen LogP contribution < -0.4 is 10.1 Å². The molecule has 1 fully saturated rings. The third-order valence-electron chi connectivity index (χ3n) is 3.35. The molecule has 0 amide bonds. The number of benzene rings is 1. The maximum absolute atomic E-state index is 5.78. The van der Waals surface area contributed by atoms with Gasteiger partial charge in [-0.25, -0.2) is 0 Å². The van der Waals surface area contributed by atoms with Crippen LogP contribution in [0.5, 0.6) is 5.75 Å². The molecule has 2 nitrogen and oxygen atoms in total. The van der Waals surface area contributed by atoms with Gasteiger partial charge in [-0.05, 0) is 50.4 Å². The molecule has 1 aliphatic rings. The van der Waals surface area contributed by atoms with E-state index in [0.29, 0.717) is 6.04 Å². The first-order valence-electron chi connectivity index (χ1n) is 7.19. The van der Waals surface area contributed by atoms with E-state index in [-0.39, 0.29) is 6.10 Å². The molecule has 0 aliphatic heterocycles. The fourth-order valence-corrected chi connectivity index (χ4v) is 2.35. The summed E-state index contributed by atoms with van der Waals surface area (Å²) < 4.78 is 5.78. The number of nitrogens with one attached hydrogen (secondary N) is 1. The molecule has 1 aromatic rings. The minimum absolute atomic E-state index is 0.237. The predicted octanol–water partition coefficient (Wildman–Crippen LogP) is 3.92. The lowest BCUT2D eigenvalue weighted by atomic mass is 10.0. The summed E-state index contributed by atoms with van der Waals surface area (Å²) in [6.07, 6.45) is 4.31. The first-order chi connectivity index (χ1) is 8.69. The Kier molecular flexibility index (Phi) is 4.65. The standard InChI is InChI=1S/C16H25NO/c1-4-17-16(10-13-8-9-13)14-6-5-7-15(11-14)18-12(2)3/h5-7,11-13,16-17H,4,8-10H2,1-3H3. The molecule has 18 heavy (non-hydrogen) atoms. The average molecular weight is 247 g/mol. The van der Waals surface area contributed by atoms with Crippen molar-refractivity contribution in [3.8, 4) is 5.75 Å². The maximum atomic E-state index is 5.78. The fourth-order valence-electron chi connectivity index (χ4n) is 2.35. The Morgan fingerprint density at radius 3 is 2.72 bits per heavy atom. The van der Waals surface area contributed by atoms with Gasteiger partial charge in [0.15, 0.2) is 0 Å². The van der Waals surface area contributed by atoms with Crippen LogP contribution >= 0.6 is 0 Å². The molecule has 1 saturated carbocycles. The lowest BCUT2D eigenvalue weighted by Crippen LogP contribution is -2.21. The van der Waals surface area contributed by atoms with Crippen LogP contribution in [0.2, 0.25) is 0 Å². The van der Waals surface area contributed by atoms with Gasteiger partial charge < -0.3 is 10.1 Å². The molecular weight excluding hydrogens is 222 g/mol. The van der Waals surface area contributed by atoms with Gasteiger partial charge in [0.25, 0.3) is 0 Å². The highest BCUT2D eigenvalue weighted by atomic mass is 16.5. The van der Waals surface area contributed by atoms with Gasteiger partial charge in [0.2, 0.25) is 0 Å². The molecule has 0 bridgehead atoms. The van der Waals surface area contributed by atoms with Gasteiger partial charge in [-0.1, -0.05) is 31.9 Å². The molecule has 0 radical (unpaired) electrons. The van der Waals surface area contributed by atoms with Crippen molar-refractivity contribution in [2.45, 2.75) is 52.2 Å². The summed E-state index contributed by atoms with van der Waals surface area (Å²) in [5.74, 6) is 1.92. The number of ether oxygens (including phenoxy) is 1. The minimum atomic E-state index is 0.237. The topological polar surface area (TPSA) is 21.3 Å². The average Bonchev–Trinajstić information content (AvgIpc) is 3.12. The van der Waals surface area contributed by atoms with Crippen molar-refractivity contribution < 1.29 is 4.74 Å². The van der Waals surface area contributed by atoms with Crippen LogP contribution in [0.15, 0.2) is 24.3 Å². The molecule has 1 atom stereocenters. The van der Waals surface area contributed by atoms with Crippen LogP contribution in [0, 0.1) is 5.92 Å². The molecule has 0 heterocycles. The maximum Gasteiger partial charge on any atom is 0.120 e. The Morgan fingerprint density at radius 2 is 2.11 bits per heavy atom. The summed E-state index contributed by atoms with van der Waals surface area (Å²) in [4.78, 5) is 0. The summed E-state index contributed by atoms with van der Waals surface area (Å²) in [6.45, 7) is 7.33. The van der Waals surface area contributed by atoms with E-state index in [4.69, 9.17) is 4.74 Å². The molecule has 1 aliphatic carbocycles. The zero-order chi connectivity index (χ0) is 13.0. The number of rotatable bonds is 7. The second-order valence-corrected chi connectivity index (χ2v) is 5.53. The molecule has 2 rings (SSSR count). The van der Waals surface area contributed by atoms with Crippen LogP contribution in [0.3, 0.4) is 0 Å². The molecule has 1 N–H and O–H groups in total. The zero-order valence-corrected chi connectivity index (χ0v) is 11.8. The molecule has 0 spiro atoms. The van der Waals surface area contributed by atoms with Crippen molar-refractivity contribution in [1.29, 1.82) is 0 Å². The van der Waals surface area contributed by atoms with E-state index in [1.807, 2.05) is 6.07 Å². The Hall–Kier alpha value is -1.02. The van der Waals surface area contributed by atoms with Gasteiger partial charge in [-0.15, -0.1) is 0 Å². The fraction of sp³-hybridized carbons (Fsp3) is 0.625. The molecule has 100 valence electrons. The molecule has 1 unspecified atom stereocenters. The molecule has 0 saturated heterocycles. The highest BCUT2D eigenvalue weighted by Gasteiger charge is 2.26. The minimum Gasteiger partial charge on any atom is -0.491 e. The summed E-state index contributed by atoms with van der Waals surface area (Å²) in [5.41, 5.74) is 1.36. The first-order valence-corrected chi connectivity index (χ1v) is 7.19. The second kappa shape index (κ2) is 6.24. The molecule has 0 aromatic heterocycles. The van der Waals surface area contributed by atoms with E-state index >= 15 is 0 Å². The SMILES string of the molecule is CCNC(CC1CC1)c1cccc(OC(C)C)c1. The quantitative estimate of drug-likeness (QED) is 0.788. The Balaban J connectivity index is 2.07. The third kappa shape index (κ3) is 4.02. The van der Waals surface area contributed by atoms with Gasteiger partial charge in [0, 0.05) is 6.04 Å². The third-order valence-corrected chi connectivity index (χ3v) is 3.35. The lowest BCUT2D eigenvalue weighted by Gasteiger charge is -2.19. The van der Waals surface area contributed by atoms with Gasteiger partial charge >= 0.3 is 0 Å². The Bertz CT molecular complexity index is 371. The number of hydrogen-bond acceptors (Lipinski definition) is 2. The van der Waals surface area contributed by atoms with Crippen LogP contribution in [-0.4, -0.2) is 12.6 Å². The van der Waals surface area contributed by atoms with Crippen LogP contribution in [0.25, 0.3) is 0 Å². The Morgan fingerprint density at radius 1 is 1.33 bits per heavy atom. The van der Waals surface area contributed by atoms with Crippen molar-refractivity contribution in [2.24, 2.45) is 5.92 Å². The second-order valence-electron chi connectivity index (χ2n) is 5.53. The van der Waals surface area contributed by atoms with E-state index in [9.17, 15) is 0 Å². The van der Waals surface area contributed by atoms with Gasteiger partial charge in [0.1, 0.15) is 5.75 Å².